The largest absolute Gasteiger partial charge is 0.480 e. The van der Waals surface area contributed by atoms with Crippen LogP contribution in [0.15, 0.2) is 4.52 Å². The van der Waals surface area contributed by atoms with Gasteiger partial charge < -0.3 is 9.63 Å². The zero-order chi connectivity index (χ0) is 14.7. The van der Waals surface area contributed by atoms with Gasteiger partial charge in [-0.3, -0.25) is 14.6 Å². The minimum atomic E-state index is -0.767. The van der Waals surface area contributed by atoms with Crippen LogP contribution in [0.1, 0.15) is 38.4 Å². The van der Waals surface area contributed by atoms with Gasteiger partial charge in [0.05, 0.1) is 6.54 Å². The Morgan fingerprint density at radius 2 is 1.95 bits per heavy atom. The van der Waals surface area contributed by atoms with Gasteiger partial charge in [0, 0.05) is 32.1 Å². The smallest absolute Gasteiger partial charge is 0.320 e. The maximum Gasteiger partial charge on any atom is 0.320 e. The molecule has 7 heteroatoms. The lowest BCUT2D eigenvalue weighted by Crippen LogP contribution is -2.51. The number of carboxylic acids is 1. The SMILES string of the molecule is CC(C)c1noc(CN2CCN(C(C)C(=O)O)CC2)n1. The van der Waals surface area contributed by atoms with Gasteiger partial charge in [0.25, 0.3) is 0 Å². The van der Waals surface area contributed by atoms with E-state index in [1.165, 1.54) is 0 Å². The fourth-order valence-corrected chi connectivity index (χ4v) is 2.22. The number of hydrogen-bond donors (Lipinski definition) is 1. The number of rotatable bonds is 5. The van der Waals surface area contributed by atoms with E-state index in [4.69, 9.17) is 9.63 Å². The number of hydrogen-bond acceptors (Lipinski definition) is 6. The molecule has 0 bridgehead atoms. The molecule has 1 aliphatic heterocycles. The van der Waals surface area contributed by atoms with Crippen molar-refractivity contribution in [1.82, 2.24) is 19.9 Å². The molecule has 1 unspecified atom stereocenters. The third-order valence-electron chi connectivity index (χ3n) is 3.67. The highest BCUT2D eigenvalue weighted by Crippen LogP contribution is 2.13. The number of carbonyl (C=O) groups is 1. The molecular formula is C13H22N4O3. The van der Waals surface area contributed by atoms with Gasteiger partial charge in [-0.2, -0.15) is 4.98 Å². The van der Waals surface area contributed by atoms with E-state index >= 15 is 0 Å². The molecule has 112 valence electrons. The van der Waals surface area contributed by atoms with Crippen molar-refractivity contribution in [3.05, 3.63) is 11.7 Å². The molecule has 2 heterocycles. The summed E-state index contributed by atoms with van der Waals surface area (Å²) in [6, 6.07) is -0.423. The van der Waals surface area contributed by atoms with Crippen LogP contribution < -0.4 is 0 Å². The van der Waals surface area contributed by atoms with Crippen molar-refractivity contribution < 1.29 is 14.4 Å². The third-order valence-corrected chi connectivity index (χ3v) is 3.67. The molecule has 0 radical (unpaired) electrons. The Hall–Kier alpha value is -1.47. The van der Waals surface area contributed by atoms with Crippen LogP contribution in [-0.4, -0.2) is 63.2 Å². The van der Waals surface area contributed by atoms with Gasteiger partial charge in [-0.25, -0.2) is 0 Å². The van der Waals surface area contributed by atoms with Crippen molar-refractivity contribution in [1.29, 1.82) is 0 Å². The van der Waals surface area contributed by atoms with Gasteiger partial charge in [-0.05, 0) is 6.92 Å². The van der Waals surface area contributed by atoms with Gasteiger partial charge in [-0.15, -0.1) is 0 Å². The molecule has 20 heavy (non-hydrogen) atoms. The van der Waals surface area contributed by atoms with Crippen LogP contribution in [0.2, 0.25) is 0 Å². The molecule has 1 aliphatic rings. The van der Waals surface area contributed by atoms with Gasteiger partial charge in [0.15, 0.2) is 5.82 Å². The predicted octanol–water partition coefficient (Wildman–Crippen LogP) is 0.784. The highest BCUT2D eigenvalue weighted by Gasteiger charge is 2.25. The summed E-state index contributed by atoms with van der Waals surface area (Å²) < 4.78 is 5.23. The first-order valence-electron chi connectivity index (χ1n) is 6.99. The highest BCUT2D eigenvalue weighted by atomic mass is 16.5. The molecule has 0 aliphatic carbocycles. The van der Waals surface area contributed by atoms with Crippen molar-refractivity contribution in [2.24, 2.45) is 0 Å². The van der Waals surface area contributed by atoms with E-state index in [0.29, 0.717) is 12.4 Å². The molecule has 0 amide bonds. The quantitative estimate of drug-likeness (QED) is 0.854. The molecule has 2 rings (SSSR count). The molecule has 7 nitrogen and oxygen atoms in total. The second-order valence-electron chi connectivity index (χ2n) is 5.53. The standard InChI is InChI=1S/C13H22N4O3/c1-9(2)12-14-11(20-15-12)8-16-4-6-17(7-5-16)10(3)13(18)19/h9-10H,4-8H2,1-3H3,(H,18,19). The predicted molar refractivity (Wildman–Crippen MR) is 72.3 cm³/mol. The van der Waals surface area contributed by atoms with Crippen molar-refractivity contribution in [2.45, 2.75) is 39.3 Å². The van der Waals surface area contributed by atoms with E-state index in [1.807, 2.05) is 18.7 Å². The summed E-state index contributed by atoms with van der Waals surface area (Å²) in [4.78, 5) is 19.5. The number of piperazine rings is 1. The zero-order valence-corrected chi connectivity index (χ0v) is 12.2. The Balaban J connectivity index is 1.83. The maximum atomic E-state index is 10.9. The van der Waals surface area contributed by atoms with Crippen LogP contribution in [0.5, 0.6) is 0 Å². The zero-order valence-electron chi connectivity index (χ0n) is 12.2. The summed E-state index contributed by atoms with van der Waals surface area (Å²) in [5.41, 5.74) is 0. The Labute approximate surface area is 118 Å². The van der Waals surface area contributed by atoms with E-state index < -0.39 is 12.0 Å². The molecule has 1 aromatic rings. The molecule has 0 spiro atoms. The third kappa shape index (κ3) is 3.55. The van der Waals surface area contributed by atoms with Crippen LogP contribution in [0.4, 0.5) is 0 Å². The van der Waals surface area contributed by atoms with Gasteiger partial charge in [0.2, 0.25) is 5.89 Å². The minimum absolute atomic E-state index is 0.265. The lowest BCUT2D eigenvalue weighted by Gasteiger charge is -2.35. The summed E-state index contributed by atoms with van der Waals surface area (Å²) in [7, 11) is 0. The van der Waals surface area contributed by atoms with Gasteiger partial charge >= 0.3 is 5.97 Å². The van der Waals surface area contributed by atoms with E-state index in [9.17, 15) is 4.79 Å². The average Bonchev–Trinajstić information content (AvgIpc) is 2.87. The first kappa shape index (κ1) is 14.9. The van der Waals surface area contributed by atoms with Crippen LogP contribution in [0.25, 0.3) is 0 Å². The Morgan fingerprint density at radius 1 is 1.30 bits per heavy atom. The van der Waals surface area contributed by atoms with Crippen LogP contribution in [0, 0.1) is 0 Å². The molecule has 1 aromatic heterocycles. The Morgan fingerprint density at radius 3 is 2.45 bits per heavy atom. The lowest BCUT2D eigenvalue weighted by atomic mass is 10.2. The number of aliphatic carboxylic acids is 1. The monoisotopic (exact) mass is 282 g/mol. The number of carboxylic acid groups (broad SMARTS) is 1. The summed E-state index contributed by atoms with van der Waals surface area (Å²) in [6.07, 6.45) is 0. The van der Waals surface area contributed by atoms with Crippen molar-refractivity contribution in [3.8, 4) is 0 Å². The first-order chi connectivity index (χ1) is 9.47. The lowest BCUT2D eigenvalue weighted by molar-refractivity contribution is -0.143. The average molecular weight is 282 g/mol. The number of nitrogens with zero attached hydrogens (tertiary/aromatic N) is 4. The highest BCUT2D eigenvalue weighted by molar-refractivity contribution is 5.72. The summed E-state index contributed by atoms with van der Waals surface area (Å²) in [6.45, 7) is 9.55. The van der Waals surface area contributed by atoms with E-state index in [2.05, 4.69) is 15.0 Å². The van der Waals surface area contributed by atoms with Crippen molar-refractivity contribution in [3.63, 3.8) is 0 Å². The molecule has 1 atom stereocenters. The van der Waals surface area contributed by atoms with E-state index in [0.717, 1.165) is 32.0 Å². The van der Waals surface area contributed by atoms with Gasteiger partial charge in [0.1, 0.15) is 6.04 Å². The fraction of sp³-hybridized carbons (Fsp3) is 0.769. The molecular weight excluding hydrogens is 260 g/mol. The van der Waals surface area contributed by atoms with Gasteiger partial charge in [-0.1, -0.05) is 19.0 Å². The molecule has 1 N–H and O–H groups in total. The molecule has 0 saturated carbocycles. The van der Waals surface area contributed by atoms with Crippen molar-refractivity contribution in [2.75, 3.05) is 26.2 Å². The first-order valence-corrected chi connectivity index (χ1v) is 6.99. The molecule has 1 fully saturated rings. The maximum absolute atomic E-state index is 10.9. The molecule has 1 saturated heterocycles. The van der Waals surface area contributed by atoms with Crippen molar-refractivity contribution >= 4 is 5.97 Å². The second-order valence-corrected chi connectivity index (χ2v) is 5.53. The normalized spacial score (nSPS) is 19.4. The Bertz CT molecular complexity index is 452. The van der Waals surface area contributed by atoms with Crippen LogP contribution in [-0.2, 0) is 11.3 Å². The fourth-order valence-electron chi connectivity index (χ4n) is 2.22. The number of aromatic nitrogens is 2. The minimum Gasteiger partial charge on any atom is -0.480 e. The summed E-state index contributed by atoms with van der Waals surface area (Å²) in [5.74, 6) is 0.865. The topological polar surface area (TPSA) is 82.7 Å². The molecule has 0 aromatic carbocycles. The van der Waals surface area contributed by atoms with Crippen LogP contribution in [0.3, 0.4) is 0 Å². The van der Waals surface area contributed by atoms with E-state index in [-0.39, 0.29) is 5.92 Å². The Kier molecular flexibility index (Phi) is 4.72. The van der Waals surface area contributed by atoms with E-state index in [1.54, 1.807) is 6.92 Å². The summed E-state index contributed by atoms with van der Waals surface area (Å²) >= 11 is 0. The second kappa shape index (κ2) is 6.32. The van der Waals surface area contributed by atoms with Crippen LogP contribution >= 0.6 is 0 Å². The summed E-state index contributed by atoms with van der Waals surface area (Å²) in [5, 5.41) is 12.9.